The Labute approximate surface area is 102 Å². The molecule has 2 aliphatic rings. The molecule has 3 rings (SSSR count). The highest BCUT2D eigenvalue weighted by atomic mass is 16.2. The predicted octanol–water partition coefficient (Wildman–Crippen LogP) is 1.25. The fourth-order valence-corrected chi connectivity index (χ4v) is 3.01. The van der Waals surface area contributed by atoms with E-state index < -0.39 is 0 Å². The van der Waals surface area contributed by atoms with Gasteiger partial charge in [-0.3, -0.25) is 9.69 Å². The summed E-state index contributed by atoms with van der Waals surface area (Å²) >= 11 is 0. The monoisotopic (exact) mass is 230 g/mol. The molecule has 1 aromatic rings. The Morgan fingerprint density at radius 1 is 1.29 bits per heavy atom. The third-order valence-corrected chi connectivity index (χ3v) is 3.94. The van der Waals surface area contributed by atoms with E-state index in [1.165, 1.54) is 5.56 Å². The molecule has 0 saturated carbocycles. The summed E-state index contributed by atoms with van der Waals surface area (Å²) < 4.78 is 0. The number of rotatable bonds is 2. The molecular formula is C14H18N2O. The van der Waals surface area contributed by atoms with E-state index in [1.807, 2.05) is 0 Å². The maximum Gasteiger partial charge on any atom is 0.223 e. The average Bonchev–Trinajstić information content (AvgIpc) is 2.72. The van der Waals surface area contributed by atoms with Crippen molar-refractivity contribution in [1.82, 2.24) is 10.2 Å². The molecule has 0 aromatic heterocycles. The maximum absolute atomic E-state index is 11.5. The summed E-state index contributed by atoms with van der Waals surface area (Å²) in [5.74, 6) is 1.08. The minimum atomic E-state index is 0.273. The van der Waals surface area contributed by atoms with Crippen molar-refractivity contribution in [2.24, 2.45) is 11.8 Å². The topological polar surface area (TPSA) is 32.3 Å². The van der Waals surface area contributed by atoms with Crippen molar-refractivity contribution in [2.75, 3.05) is 19.6 Å². The van der Waals surface area contributed by atoms with Crippen LogP contribution < -0.4 is 5.32 Å². The molecule has 2 atom stereocenters. The van der Waals surface area contributed by atoms with Crippen molar-refractivity contribution in [3.63, 3.8) is 0 Å². The zero-order valence-corrected chi connectivity index (χ0v) is 9.93. The van der Waals surface area contributed by atoms with Crippen LogP contribution in [-0.2, 0) is 11.3 Å². The Balaban J connectivity index is 1.62. The molecule has 1 aromatic carbocycles. The van der Waals surface area contributed by atoms with Gasteiger partial charge in [-0.1, -0.05) is 30.3 Å². The number of nitrogens with one attached hydrogen (secondary N) is 1. The molecule has 17 heavy (non-hydrogen) atoms. The molecule has 3 nitrogen and oxygen atoms in total. The summed E-state index contributed by atoms with van der Waals surface area (Å²) in [4.78, 5) is 14.0. The number of carbonyl (C=O) groups excluding carboxylic acids is 1. The Bertz CT molecular complexity index is 404. The molecule has 0 radical (unpaired) electrons. The Morgan fingerprint density at radius 2 is 2.12 bits per heavy atom. The van der Waals surface area contributed by atoms with Crippen LogP contribution in [0.2, 0.25) is 0 Å². The molecule has 3 heteroatoms. The highest BCUT2D eigenvalue weighted by Gasteiger charge is 2.38. The van der Waals surface area contributed by atoms with E-state index in [1.54, 1.807) is 0 Å². The van der Waals surface area contributed by atoms with Gasteiger partial charge in [0.2, 0.25) is 5.91 Å². The van der Waals surface area contributed by atoms with E-state index >= 15 is 0 Å². The first-order valence-corrected chi connectivity index (χ1v) is 6.37. The number of benzene rings is 1. The van der Waals surface area contributed by atoms with E-state index in [4.69, 9.17) is 0 Å². The highest BCUT2D eigenvalue weighted by Crippen LogP contribution is 2.28. The average molecular weight is 230 g/mol. The summed E-state index contributed by atoms with van der Waals surface area (Å²) in [7, 11) is 0. The van der Waals surface area contributed by atoms with Crippen LogP contribution in [0.4, 0.5) is 0 Å². The van der Waals surface area contributed by atoms with Crippen LogP contribution in [0.1, 0.15) is 12.0 Å². The summed E-state index contributed by atoms with van der Waals surface area (Å²) in [5, 5.41) is 2.98. The molecule has 2 heterocycles. The lowest BCUT2D eigenvalue weighted by atomic mass is 9.88. The fourth-order valence-electron chi connectivity index (χ4n) is 3.01. The number of fused-ring (bicyclic) bond motifs is 1. The van der Waals surface area contributed by atoms with E-state index in [0.717, 1.165) is 32.6 Å². The van der Waals surface area contributed by atoms with Gasteiger partial charge in [0.05, 0.1) is 0 Å². The number of carbonyl (C=O) groups is 1. The lowest BCUT2D eigenvalue weighted by Gasteiger charge is -2.33. The zero-order valence-electron chi connectivity index (χ0n) is 9.93. The van der Waals surface area contributed by atoms with Gasteiger partial charge in [0.25, 0.3) is 0 Å². The minimum absolute atomic E-state index is 0.273. The largest absolute Gasteiger partial charge is 0.355 e. The van der Waals surface area contributed by atoms with E-state index in [0.29, 0.717) is 5.92 Å². The molecule has 2 saturated heterocycles. The van der Waals surface area contributed by atoms with Gasteiger partial charge < -0.3 is 5.32 Å². The second kappa shape index (κ2) is 4.49. The molecule has 1 N–H and O–H groups in total. The normalized spacial score (nSPS) is 28.8. The molecule has 0 aliphatic carbocycles. The van der Waals surface area contributed by atoms with Gasteiger partial charge in [-0.2, -0.15) is 0 Å². The van der Waals surface area contributed by atoms with Crippen LogP contribution in [-0.4, -0.2) is 30.4 Å². The molecule has 0 bridgehead atoms. The second-order valence-corrected chi connectivity index (χ2v) is 5.12. The molecule has 0 spiro atoms. The van der Waals surface area contributed by atoms with Crippen molar-refractivity contribution in [3.8, 4) is 0 Å². The molecular weight excluding hydrogens is 212 g/mol. The van der Waals surface area contributed by atoms with Crippen molar-refractivity contribution < 1.29 is 4.79 Å². The van der Waals surface area contributed by atoms with Crippen LogP contribution in [0, 0.1) is 11.8 Å². The van der Waals surface area contributed by atoms with Crippen molar-refractivity contribution in [3.05, 3.63) is 35.9 Å². The van der Waals surface area contributed by atoms with Crippen LogP contribution in [0.25, 0.3) is 0 Å². The first kappa shape index (κ1) is 10.8. The third kappa shape index (κ3) is 2.20. The number of hydrogen-bond donors (Lipinski definition) is 1. The summed E-state index contributed by atoms with van der Waals surface area (Å²) in [6.07, 6.45) is 1.02. The van der Waals surface area contributed by atoms with Gasteiger partial charge in [0.15, 0.2) is 0 Å². The Hall–Kier alpha value is -1.35. The first-order valence-electron chi connectivity index (χ1n) is 6.37. The standard InChI is InChI=1S/C14H18N2O/c17-14-13-6-7-16(10-12(13)8-15-14)9-11-4-2-1-3-5-11/h1-5,12-13H,6-10H2,(H,15,17)/t12-,13+/m1/s1. The summed E-state index contributed by atoms with van der Waals surface area (Å²) in [5.41, 5.74) is 1.36. The molecule has 90 valence electrons. The number of piperidine rings is 1. The molecule has 2 aliphatic heterocycles. The van der Waals surface area contributed by atoms with Gasteiger partial charge in [-0.15, -0.1) is 0 Å². The van der Waals surface area contributed by atoms with Gasteiger partial charge >= 0.3 is 0 Å². The summed E-state index contributed by atoms with van der Waals surface area (Å²) in [6, 6.07) is 10.6. The quantitative estimate of drug-likeness (QED) is 0.829. The van der Waals surface area contributed by atoms with Crippen LogP contribution in [0.5, 0.6) is 0 Å². The number of amides is 1. The van der Waals surface area contributed by atoms with Crippen LogP contribution >= 0.6 is 0 Å². The Kier molecular flexibility index (Phi) is 2.85. The zero-order chi connectivity index (χ0) is 11.7. The highest BCUT2D eigenvalue weighted by molar-refractivity contribution is 5.81. The SMILES string of the molecule is O=C1NC[C@@H]2CN(Cc3ccccc3)CC[C@H]12. The Morgan fingerprint density at radius 3 is 2.94 bits per heavy atom. The lowest BCUT2D eigenvalue weighted by Crippen LogP contribution is -2.40. The van der Waals surface area contributed by atoms with E-state index in [-0.39, 0.29) is 11.8 Å². The smallest absolute Gasteiger partial charge is 0.223 e. The molecule has 0 unspecified atom stereocenters. The minimum Gasteiger partial charge on any atom is -0.355 e. The lowest BCUT2D eigenvalue weighted by molar-refractivity contribution is -0.124. The van der Waals surface area contributed by atoms with Gasteiger partial charge in [0, 0.05) is 31.5 Å². The van der Waals surface area contributed by atoms with E-state index in [9.17, 15) is 4.79 Å². The van der Waals surface area contributed by atoms with Gasteiger partial charge in [-0.05, 0) is 18.5 Å². The first-order chi connectivity index (χ1) is 8.33. The van der Waals surface area contributed by atoms with Gasteiger partial charge in [-0.25, -0.2) is 0 Å². The number of likely N-dealkylation sites (tertiary alicyclic amines) is 1. The summed E-state index contributed by atoms with van der Waals surface area (Å²) in [6.45, 7) is 3.98. The van der Waals surface area contributed by atoms with Gasteiger partial charge in [0.1, 0.15) is 0 Å². The molecule has 1 amide bonds. The third-order valence-electron chi connectivity index (χ3n) is 3.94. The number of hydrogen-bond acceptors (Lipinski definition) is 2. The van der Waals surface area contributed by atoms with Crippen molar-refractivity contribution in [1.29, 1.82) is 0 Å². The molecule has 2 fully saturated rings. The number of nitrogens with zero attached hydrogens (tertiary/aromatic N) is 1. The van der Waals surface area contributed by atoms with Crippen LogP contribution in [0.3, 0.4) is 0 Å². The van der Waals surface area contributed by atoms with E-state index in [2.05, 4.69) is 40.5 Å². The maximum atomic E-state index is 11.5. The fraction of sp³-hybridized carbons (Fsp3) is 0.500. The van der Waals surface area contributed by atoms with Crippen molar-refractivity contribution >= 4 is 5.91 Å². The van der Waals surface area contributed by atoms with Crippen molar-refractivity contribution in [2.45, 2.75) is 13.0 Å². The second-order valence-electron chi connectivity index (χ2n) is 5.12. The van der Waals surface area contributed by atoms with Crippen LogP contribution in [0.15, 0.2) is 30.3 Å². The predicted molar refractivity (Wildman–Crippen MR) is 66.3 cm³/mol.